The summed E-state index contributed by atoms with van der Waals surface area (Å²) in [6.45, 7) is 5.31. The number of aliphatic hydroxyl groups excluding tert-OH is 1. The van der Waals surface area contributed by atoms with E-state index in [-0.39, 0.29) is 6.54 Å². The third kappa shape index (κ3) is 5.13. The summed E-state index contributed by atoms with van der Waals surface area (Å²) >= 11 is 0. The summed E-state index contributed by atoms with van der Waals surface area (Å²) in [5.74, 6) is 0.473. The van der Waals surface area contributed by atoms with Crippen molar-refractivity contribution in [3.05, 3.63) is 24.0 Å². The summed E-state index contributed by atoms with van der Waals surface area (Å²) in [6, 6.07) is 3.40. The van der Waals surface area contributed by atoms with Gasteiger partial charge in [-0.15, -0.1) is 0 Å². The van der Waals surface area contributed by atoms with Crippen molar-refractivity contribution < 1.29 is 19.4 Å². The number of nitrogens with zero attached hydrogens (tertiary/aromatic N) is 1. The van der Waals surface area contributed by atoms with Crippen LogP contribution < -0.4 is 10.1 Å². The van der Waals surface area contributed by atoms with Gasteiger partial charge in [0.25, 0.3) is 0 Å². The third-order valence-electron chi connectivity index (χ3n) is 2.17. The van der Waals surface area contributed by atoms with Gasteiger partial charge in [0.1, 0.15) is 23.1 Å². The van der Waals surface area contributed by atoms with Crippen molar-refractivity contribution in [2.75, 3.05) is 13.7 Å². The number of amides is 1. The molecule has 0 aliphatic rings. The number of aliphatic hydroxyl groups is 1. The fourth-order valence-electron chi connectivity index (χ4n) is 1.42. The van der Waals surface area contributed by atoms with Crippen LogP contribution in [0.1, 0.15) is 32.6 Å². The molecule has 1 aromatic heterocycles. The van der Waals surface area contributed by atoms with E-state index < -0.39 is 17.8 Å². The summed E-state index contributed by atoms with van der Waals surface area (Å²) in [5.41, 5.74) is -0.196. The number of ether oxygens (including phenoxy) is 2. The first-order chi connectivity index (χ1) is 8.83. The topological polar surface area (TPSA) is 80.7 Å². The minimum atomic E-state index is -0.955. The largest absolute Gasteiger partial charge is 0.495 e. The quantitative estimate of drug-likeness (QED) is 0.867. The summed E-state index contributed by atoms with van der Waals surface area (Å²) in [6.07, 6.45) is 0.0132. The standard InChI is InChI=1S/C13H20N2O4/c1-13(2,3)19-12(17)15-8-9(16)11-10(18-4)6-5-7-14-11/h5-7,9,16H,8H2,1-4H3,(H,15,17)/t9-/m0/s1. The lowest BCUT2D eigenvalue weighted by Gasteiger charge is -2.20. The molecular weight excluding hydrogens is 248 g/mol. The van der Waals surface area contributed by atoms with Gasteiger partial charge in [0.2, 0.25) is 0 Å². The molecule has 2 N–H and O–H groups in total. The van der Waals surface area contributed by atoms with Gasteiger partial charge in [-0.25, -0.2) is 4.79 Å². The molecule has 1 atom stereocenters. The number of hydrogen-bond donors (Lipinski definition) is 2. The van der Waals surface area contributed by atoms with Crippen molar-refractivity contribution in [1.82, 2.24) is 10.3 Å². The number of carbonyl (C=O) groups is 1. The third-order valence-corrected chi connectivity index (χ3v) is 2.17. The normalized spacial score (nSPS) is 12.7. The zero-order valence-electron chi connectivity index (χ0n) is 11.6. The Kier molecular flexibility index (Phi) is 5.11. The van der Waals surface area contributed by atoms with Crippen LogP contribution in [0.4, 0.5) is 4.79 Å². The Balaban J connectivity index is 2.56. The fourth-order valence-corrected chi connectivity index (χ4v) is 1.42. The van der Waals surface area contributed by atoms with Crippen molar-refractivity contribution in [3.8, 4) is 5.75 Å². The molecule has 0 aliphatic heterocycles. The maximum absolute atomic E-state index is 11.5. The smallest absolute Gasteiger partial charge is 0.407 e. The van der Waals surface area contributed by atoms with E-state index in [0.29, 0.717) is 11.4 Å². The predicted molar refractivity (Wildman–Crippen MR) is 70.0 cm³/mol. The summed E-state index contributed by atoms with van der Waals surface area (Å²) < 4.78 is 10.2. The van der Waals surface area contributed by atoms with Crippen LogP contribution in [0.15, 0.2) is 18.3 Å². The van der Waals surface area contributed by atoms with E-state index >= 15 is 0 Å². The van der Waals surface area contributed by atoms with Crippen molar-refractivity contribution in [2.24, 2.45) is 0 Å². The number of pyridine rings is 1. The van der Waals surface area contributed by atoms with Crippen LogP contribution in [-0.4, -0.2) is 35.4 Å². The maximum Gasteiger partial charge on any atom is 0.407 e. The Hall–Kier alpha value is -1.82. The van der Waals surface area contributed by atoms with Gasteiger partial charge in [-0.2, -0.15) is 0 Å². The van der Waals surface area contributed by atoms with E-state index in [4.69, 9.17) is 9.47 Å². The number of carbonyl (C=O) groups excluding carboxylic acids is 1. The average Bonchev–Trinajstić information content (AvgIpc) is 2.33. The Morgan fingerprint density at radius 1 is 1.53 bits per heavy atom. The average molecular weight is 268 g/mol. The summed E-state index contributed by atoms with van der Waals surface area (Å²) in [4.78, 5) is 15.5. The molecule has 19 heavy (non-hydrogen) atoms. The first-order valence-electron chi connectivity index (χ1n) is 5.97. The van der Waals surface area contributed by atoms with E-state index in [1.165, 1.54) is 7.11 Å². The molecular formula is C13H20N2O4. The lowest BCUT2D eigenvalue weighted by molar-refractivity contribution is 0.0489. The number of methoxy groups -OCH3 is 1. The SMILES string of the molecule is COc1cccnc1[C@@H](O)CNC(=O)OC(C)(C)C. The van der Waals surface area contributed by atoms with E-state index in [0.717, 1.165) is 0 Å². The zero-order valence-corrected chi connectivity index (χ0v) is 11.6. The number of hydrogen-bond acceptors (Lipinski definition) is 5. The van der Waals surface area contributed by atoms with Crippen molar-refractivity contribution >= 4 is 6.09 Å². The van der Waals surface area contributed by atoms with Crippen LogP contribution in [-0.2, 0) is 4.74 Å². The minimum Gasteiger partial charge on any atom is -0.495 e. The Morgan fingerprint density at radius 2 is 2.21 bits per heavy atom. The molecule has 1 amide bonds. The van der Waals surface area contributed by atoms with Crippen LogP contribution in [0.5, 0.6) is 5.75 Å². The molecule has 1 heterocycles. The Labute approximate surface area is 112 Å². The van der Waals surface area contributed by atoms with E-state index in [2.05, 4.69) is 10.3 Å². The van der Waals surface area contributed by atoms with Crippen LogP contribution >= 0.6 is 0 Å². The number of aromatic nitrogens is 1. The second kappa shape index (κ2) is 6.38. The molecule has 1 rings (SSSR count). The van der Waals surface area contributed by atoms with Gasteiger partial charge in [0.15, 0.2) is 0 Å². The molecule has 1 aromatic rings. The minimum absolute atomic E-state index is 0.00227. The lowest BCUT2D eigenvalue weighted by atomic mass is 10.2. The second-order valence-electron chi connectivity index (χ2n) is 4.99. The molecule has 6 heteroatoms. The molecule has 6 nitrogen and oxygen atoms in total. The van der Waals surface area contributed by atoms with Crippen molar-refractivity contribution in [1.29, 1.82) is 0 Å². The molecule has 0 saturated heterocycles. The maximum atomic E-state index is 11.5. The van der Waals surface area contributed by atoms with Gasteiger partial charge in [0.05, 0.1) is 13.7 Å². The fraction of sp³-hybridized carbons (Fsp3) is 0.538. The van der Waals surface area contributed by atoms with Gasteiger partial charge in [-0.05, 0) is 32.9 Å². The van der Waals surface area contributed by atoms with Gasteiger partial charge in [-0.3, -0.25) is 4.98 Å². The van der Waals surface area contributed by atoms with Gasteiger partial charge in [0, 0.05) is 6.20 Å². The highest BCUT2D eigenvalue weighted by molar-refractivity contribution is 5.67. The van der Waals surface area contributed by atoms with Gasteiger partial charge < -0.3 is 19.9 Å². The van der Waals surface area contributed by atoms with Gasteiger partial charge in [-0.1, -0.05) is 0 Å². The molecule has 0 radical (unpaired) electrons. The van der Waals surface area contributed by atoms with E-state index in [1.807, 2.05) is 0 Å². The number of nitrogens with one attached hydrogen (secondary N) is 1. The second-order valence-corrected chi connectivity index (χ2v) is 4.99. The molecule has 0 bridgehead atoms. The molecule has 0 fully saturated rings. The first-order valence-corrected chi connectivity index (χ1v) is 5.97. The molecule has 0 unspecified atom stereocenters. The molecule has 0 aliphatic carbocycles. The monoisotopic (exact) mass is 268 g/mol. The van der Waals surface area contributed by atoms with Crippen molar-refractivity contribution in [3.63, 3.8) is 0 Å². The summed E-state index contributed by atoms with van der Waals surface area (Å²) in [7, 11) is 1.49. The number of rotatable bonds is 4. The van der Waals surface area contributed by atoms with Crippen LogP contribution in [0.3, 0.4) is 0 Å². The van der Waals surface area contributed by atoms with Gasteiger partial charge >= 0.3 is 6.09 Å². The molecule has 0 saturated carbocycles. The van der Waals surface area contributed by atoms with Crippen molar-refractivity contribution in [2.45, 2.75) is 32.5 Å². The first kappa shape index (κ1) is 15.2. The van der Waals surface area contributed by atoms with Crippen LogP contribution in [0, 0.1) is 0 Å². The Morgan fingerprint density at radius 3 is 2.79 bits per heavy atom. The van der Waals surface area contributed by atoms with Crippen LogP contribution in [0.2, 0.25) is 0 Å². The molecule has 0 spiro atoms. The molecule has 0 aromatic carbocycles. The number of alkyl carbamates (subject to hydrolysis) is 1. The summed E-state index contributed by atoms with van der Waals surface area (Å²) in [5, 5.41) is 12.4. The highest BCUT2D eigenvalue weighted by atomic mass is 16.6. The predicted octanol–water partition coefficient (Wildman–Crippen LogP) is 1.65. The zero-order chi connectivity index (χ0) is 14.5. The van der Waals surface area contributed by atoms with E-state index in [9.17, 15) is 9.90 Å². The Bertz CT molecular complexity index is 429. The van der Waals surface area contributed by atoms with Crippen LogP contribution in [0.25, 0.3) is 0 Å². The highest BCUT2D eigenvalue weighted by Crippen LogP contribution is 2.21. The molecule has 106 valence electrons. The van der Waals surface area contributed by atoms with E-state index in [1.54, 1.807) is 39.1 Å². The lowest BCUT2D eigenvalue weighted by Crippen LogP contribution is -2.35. The highest BCUT2D eigenvalue weighted by Gasteiger charge is 2.19.